The van der Waals surface area contributed by atoms with Gasteiger partial charge in [-0.25, -0.2) is 4.39 Å². The number of nitrogens with zero attached hydrogens (tertiary/aromatic N) is 2. The minimum Gasteiger partial charge on any atom is -0.377 e. The molecule has 0 amide bonds. The van der Waals surface area contributed by atoms with E-state index in [1.165, 1.54) is 6.07 Å². The first kappa shape index (κ1) is 22.8. The fourth-order valence-corrected chi connectivity index (χ4v) is 4.83. The van der Waals surface area contributed by atoms with Crippen molar-refractivity contribution in [1.82, 2.24) is 0 Å². The minimum absolute atomic E-state index is 0.0616. The van der Waals surface area contributed by atoms with E-state index in [2.05, 4.69) is 32.3 Å². The molecule has 0 spiro atoms. The average Bonchev–Trinajstić information content (AvgIpc) is 3.31. The highest BCUT2D eigenvalue weighted by molar-refractivity contribution is 6.29. The molecule has 1 saturated carbocycles. The Bertz CT molecular complexity index is 844. The molecule has 2 aliphatic rings. The van der Waals surface area contributed by atoms with Crippen molar-refractivity contribution in [2.24, 2.45) is 17.3 Å². The number of rotatable bonds is 9. The number of piperidine rings is 1. The second kappa shape index (κ2) is 9.54. The van der Waals surface area contributed by atoms with Crippen LogP contribution in [0.15, 0.2) is 42.0 Å². The van der Waals surface area contributed by atoms with Crippen molar-refractivity contribution in [3.8, 4) is 6.07 Å². The van der Waals surface area contributed by atoms with Crippen molar-refractivity contribution in [3.05, 3.63) is 53.3 Å². The summed E-state index contributed by atoms with van der Waals surface area (Å²) < 4.78 is 20.8. The zero-order chi connectivity index (χ0) is 21.9. The van der Waals surface area contributed by atoms with E-state index in [0.29, 0.717) is 29.1 Å². The third-order valence-electron chi connectivity index (χ3n) is 6.98. The highest BCUT2D eigenvalue weighted by Crippen LogP contribution is 2.43. The van der Waals surface area contributed by atoms with Gasteiger partial charge in [0.2, 0.25) is 0 Å². The molecule has 30 heavy (non-hydrogen) atoms. The van der Waals surface area contributed by atoms with Crippen LogP contribution in [0.5, 0.6) is 0 Å². The van der Waals surface area contributed by atoms with Gasteiger partial charge in [0, 0.05) is 23.5 Å². The summed E-state index contributed by atoms with van der Waals surface area (Å²) in [5, 5.41) is 9.79. The zero-order valence-corrected chi connectivity index (χ0v) is 19.0. The molecule has 3 rings (SSSR count). The first-order valence-electron chi connectivity index (χ1n) is 10.8. The van der Waals surface area contributed by atoms with Gasteiger partial charge in [0.15, 0.2) is 0 Å². The van der Waals surface area contributed by atoms with Crippen molar-refractivity contribution >= 4 is 17.3 Å². The fourth-order valence-electron chi connectivity index (χ4n) is 4.64. The van der Waals surface area contributed by atoms with Gasteiger partial charge in [0.1, 0.15) is 5.82 Å². The Morgan fingerprint density at radius 1 is 1.47 bits per heavy atom. The summed E-state index contributed by atoms with van der Waals surface area (Å²) >= 11 is 6.20. The third-order valence-corrected chi connectivity index (χ3v) is 7.30. The highest BCUT2D eigenvalue weighted by Gasteiger charge is 2.46. The van der Waals surface area contributed by atoms with Crippen molar-refractivity contribution in [3.63, 3.8) is 0 Å². The van der Waals surface area contributed by atoms with Crippen molar-refractivity contribution in [2.75, 3.05) is 18.1 Å². The predicted molar refractivity (Wildman–Crippen MR) is 121 cm³/mol. The molecule has 1 saturated heterocycles. The lowest BCUT2D eigenvalue weighted by molar-refractivity contribution is -0.0355. The maximum absolute atomic E-state index is 14.4. The molecule has 0 N–H and O–H groups in total. The normalized spacial score (nSPS) is 24.7. The molecular weight excluding hydrogens is 399 g/mol. The Labute approximate surface area is 185 Å². The lowest BCUT2D eigenvalue weighted by Crippen LogP contribution is -2.40. The Morgan fingerprint density at radius 3 is 2.83 bits per heavy atom. The van der Waals surface area contributed by atoms with Crippen LogP contribution in [-0.2, 0) is 4.74 Å². The van der Waals surface area contributed by atoms with Crippen LogP contribution in [0.4, 0.5) is 10.1 Å². The van der Waals surface area contributed by atoms with Gasteiger partial charge >= 0.3 is 0 Å². The molecule has 1 aromatic carbocycles. The smallest absolute Gasteiger partial charge is 0.147 e. The van der Waals surface area contributed by atoms with E-state index in [9.17, 15) is 4.39 Å². The molecule has 1 heterocycles. The Hall–Kier alpha value is -1.83. The number of nitriles is 1. The molecule has 1 aliphatic carbocycles. The third kappa shape index (κ3) is 5.07. The molecule has 0 aromatic heterocycles. The minimum atomic E-state index is -0.307. The van der Waals surface area contributed by atoms with Crippen molar-refractivity contribution < 1.29 is 9.13 Å². The van der Waals surface area contributed by atoms with E-state index in [1.54, 1.807) is 18.2 Å². The van der Waals surface area contributed by atoms with Crippen LogP contribution in [0.3, 0.4) is 0 Å². The van der Waals surface area contributed by atoms with Gasteiger partial charge in [-0.1, -0.05) is 45.0 Å². The number of fused-ring (bicyclic) bond motifs is 2. The number of anilines is 1. The van der Waals surface area contributed by atoms with Gasteiger partial charge in [-0.2, -0.15) is 5.26 Å². The molecule has 0 radical (unpaired) electrons. The number of halogens is 2. The van der Waals surface area contributed by atoms with Gasteiger partial charge in [-0.3, -0.25) is 0 Å². The lowest BCUT2D eigenvalue weighted by Gasteiger charge is -2.37. The van der Waals surface area contributed by atoms with E-state index in [-0.39, 0.29) is 17.3 Å². The molecule has 0 unspecified atom stereocenters. The number of hydrogen-bond acceptors (Lipinski definition) is 3. The van der Waals surface area contributed by atoms with E-state index >= 15 is 0 Å². The molecule has 162 valence electrons. The summed E-state index contributed by atoms with van der Waals surface area (Å²) in [4.78, 5) is 2.16. The van der Waals surface area contributed by atoms with Gasteiger partial charge in [0.25, 0.3) is 0 Å². The molecule has 2 fully saturated rings. The predicted octanol–water partition coefficient (Wildman–Crippen LogP) is 6.43. The summed E-state index contributed by atoms with van der Waals surface area (Å²) in [5.74, 6) is 0.603. The second-order valence-electron chi connectivity index (χ2n) is 9.44. The number of benzene rings is 1. The topological polar surface area (TPSA) is 36.3 Å². The van der Waals surface area contributed by atoms with Crippen LogP contribution < -0.4 is 4.90 Å². The van der Waals surface area contributed by atoms with Crippen molar-refractivity contribution in [2.45, 2.75) is 58.6 Å². The number of ether oxygens (including phenoxy) is 1. The van der Waals surface area contributed by atoms with Crippen LogP contribution >= 0.6 is 11.6 Å². The first-order valence-corrected chi connectivity index (χ1v) is 11.2. The maximum Gasteiger partial charge on any atom is 0.147 e. The Balaban J connectivity index is 1.52. The van der Waals surface area contributed by atoms with Crippen LogP contribution in [0.1, 0.15) is 52.0 Å². The quantitative estimate of drug-likeness (QED) is 0.423. The average molecular weight is 431 g/mol. The largest absolute Gasteiger partial charge is 0.377 e. The summed E-state index contributed by atoms with van der Waals surface area (Å²) in [6.45, 7) is 12.0. The van der Waals surface area contributed by atoms with Gasteiger partial charge in [-0.15, -0.1) is 0 Å². The second-order valence-corrected chi connectivity index (χ2v) is 9.93. The number of hydrogen-bond donors (Lipinski definition) is 0. The van der Waals surface area contributed by atoms with E-state index in [0.717, 1.165) is 43.9 Å². The summed E-state index contributed by atoms with van der Waals surface area (Å²) in [6, 6.07) is 7.07. The molecule has 1 aliphatic heterocycles. The van der Waals surface area contributed by atoms with E-state index in [1.807, 2.05) is 12.1 Å². The summed E-state index contributed by atoms with van der Waals surface area (Å²) in [7, 11) is 0. The van der Waals surface area contributed by atoms with E-state index < -0.39 is 0 Å². The monoisotopic (exact) mass is 430 g/mol. The summed E-state index contributed by atoms with van der Waals surface area (Å²) in [5.41, 5.74) is 1.03. The molecule has 2 bridgehead atoms. The van der Waals surface area contributed by atoms with Gasteiger partial charge < -0.3 is 9.64 Å². The van der Waals surface area contributed by atoms with Crippen LogP contribution in [-0.4, -0.2) is 25.3 Å². The Kier molecular flexibility index (Phi) is 7.26. The van der Waals surface area contributed by atoms with Crippen molar-refractivity contribution in [1.29, 1.82) is 5.26 Å². The standard InChI is InChI=1S/C25H32ClFN2O/c1-5-6-20(26)9-7-17(2)25(3,4)16-30-24-13-21-12-19(24)15-29(21)23-10-8-18(14-28)11-22(23)27/h5-6,8,10-11,17,19,21,24H,1,7,9,12-13,15-16H2,2-4H3/b20-6+/t17-,19+,21+,24-/m1/s1. The Morgan fingerprint density at radius 2 is 2.23 bits per heavy atom. The van der Waals surface area contributed by atoms with Gasteiger partial charge in [-0.05, 0) is 61.3 Å². The van der Waals surface area contributed by atoms with Crippen LogP contribution in [0.2, 0.25) is 0 Å². The van der Waals surface area contributed by atoms with Crippen LogP contribution in [0.25, 0.3) is 0 Å². The number of allylic oxidation sites excluding steroid dienone is 3. The molecular formula is C25H32ClFN2O. The maximum atomic E-state index is 14.4. The first-order chi connectivity index (χ1) is 14.2. The zero-order valence-electron chi connectivity index (χ0n) is 18.2. The van der Waals surface area contributed by atoms with Crippen LogP contribution in [0, 0.1) is 34.4 Å². The molecule has 5 heteroatoms. The SMILES string of the molecule is C=C/C=C(/Cl)CC[C@@H](C)C(C)(C)CO[C@@H]1C[C@@H]2C[C@H]1CN2c1ccc(C#N)cc1F. The lowest BCUT2D eigenvalue weighted by atomic mass is 9.78. The molecule has 3 nitrogen and oxygen atoms in total. The summed E-state index contributed by atoms with van der Waals surface area (Å²) in [6.07, 6.45) is 7.67. The van der Waals surface area contributed by atoms with E-state index in [4.69, 9.17) is 21.6 Å². The highest BCUT2D eigenvalue weighted by atomic mass is 35.5. The molecule has 4 atom stereocenters. The molecule has 1 aromatic rings. The fraction of sp³-hybridized carbons (Fsp3) is 0.560. The van der Waals surface area contributed by atoms with Gasteiger partial charge in [0.05, 0.1) is 30.0 Å².